The van der Waals surface area contributed by atoms with E-state index in [9.17, 15) is 13.2 Å². The highest BCUT2D eigenvalue weighted by Gasteiger charge is 2.28. The second-order valence-corrected chi connectivity index (χ2v) is 7.38. The van der Waals surface area contributed by atoms with Crippen LogP contribution < -0.4 is 9.47 Å². The van der Waals surface area contributed by atoms with E-state index in [0.717, 1.165) is 31.6 Å². The Labute approximate surface area is 172 Å². The summed E-state index contributed by atoms with van der Waals surface area (Å²) in [5.41, 5.74) is 1.43. The Bertz CT molecular complexity index is 997. The lowest BCUT2D eigenvalue weighted by atomic mass is 10.1. The minimum atomic E-state index is -4.26. The van der Waals surface area contributed by atoms with Crippen molar-refractivity contribution < 1.29 is 22.6 Å². The van der Waals surface area contributed by atoms with E-state index in [4.69, 9.17) is 9.47 Å². The zero-order chi connectivity index (χ0) is 21.1. The molecule has 0 aliphatic carbocycles. The zero-order valence-electron chi connectivity index (χ0n) is 16.6. The van der Waals surface area contributed by atoms with E-state index in [1.54, 1.807) is 31.5 Å². The van der Waals surface area contributed by atoms with E-state index in [1.807, 2.05) is 12.1 Å². The number of likely N-dealkylation sites (tertiary alicyclic amines) is 1. The summed E-state index contributed by atoms with van der Waals surface area (Å²) >= 11 is 0. The average Bonchev–Trinajstić information content (AvgIpc) is 3.12. The lowest BCUT2D eigenvalue weighted by Gasteiger charge is -2.32. The Kier molecular flexibility index (Phi) is 5.80. The molecule has 4 rings (SSSR count). The summed E-state index contributed by atoms with van der Waals surface area (Å²) in [5.74, 6) is 0.632. The number of ether oxygens (including phenoxy) is 2. The monoisotopic (exact) mass is 420 g/mol. The van der Waals surface area contributed by atoms with Crippen LogP contribution in [0.2, 0.25) is 0 Å². The molecule has 2 aromatic heterocycles. The molecular weight excluding hydrogens is 397 g/mol. The number of piperidine rings is 1. The molecule has 0 spiro atoms. The Morgan fingerprint density at radius 3 is 2.67 bits per heavy atom. The third kappa shape index (κ3) is 4.84. The van der Waals surface area contributed by atoms with E-state index in [2.05, 4.69) is 14.9 Å². The van der Waals surface area contributed by atoms with Crippen molar-refractivity contribution in [2.75, 3.05) is 20.2 Å². The number of alkyl halides is 3. The fourth-order valence-electron chi connectivity index (χ4n) is 3.79. The average molecular weight is 420 g/mol. The highest BCUT2D eigenvalue weighted by molar-refractivity contribution is 5.86. The highest BCUT2D eigenvalue weighted by Crippen LogP contribution is 2.31. The normalized spacial score (nSPS) is 16.1. The number of hydrogen-bond acceptors (Lipinski definition) is 5. The van der Waals surface area contributed by atoms with Gasteiger partial charge in [0.1, 0.15) is 18.4 Å². The Hall–Kier alpha value is -2.81. The molecule has 0 unspecified atom stereocenters. The first kappa shape index (κ1) is 20.5. The number of methoxy groups -OCH3 is 1. The smallest absolute Gasteiger partial charge is 0.406 e. The number of benzene rings is 1. The number of rotatable bonds is 6. The number of hydrogen-bond donors (Lipinski definition) is 0. The minimum absolute atomic E-state index is 0.0257. The summed E-state index contributed by atoms with van der Waals surface area (Å²) in [4.78, 5) is 10.7. The molecule has 6 nitrogen and oxygen atoms in total. The summed E-state index contributed by atoms with van der Waals surface area (Å²) in [6.45, 7) is 1.40. The van der Waals surface area contributed by atoms with E-state index < -0.39 is 12.7 Å². The largest absolute Gasteiger partial charge is 0.490 e. The van der Waals surface area contributed by atoms with Gasteiger partial charge in [-0.3, -0.25) is 4.90 Å². The van der Waals surface area contributed by atoms with Crippen LogP contribution in [0.15, 0.2) is 42.7 Å². The third-order valence-corrected chi connectivity index (χ3v) is 5.21. The molecule has 0 N–H and O–H groups in total. The lowest BCUT2D eigenvalue weighted by Crippen LogP contribution is -2.38. The maximum atomic E-state index is 12.8. The second-order valence-electron chi connectivity index (χ2n) is 7.38. The van der Waals surface area contributed by atoms with Crippen LogP contribution in [0.5, 0.6) is 11.8 Å². The molecule has 0 saturated carbocycles. The first-order valence-electron chi connectivity index (χ1n) is 9.81. The Balaban J connectivity index is 1.37. The predicted octanol–water partition coefficient (Wildman–Crippen LogP) is 4.05. The SMILES string of the molecule is COc1nccc(CN2CCC(Oc3cccc4c3ccn4CC(F)(F)F)CC2)n1. The summed E-state index contributed by atoms with van der Waals surface area (Å²) in [6.07, 6.45) is 0.581. The van der Waals surface area contributed by atoms with Gasteiger partial charge in [-0.1, -0.05) is 6.07 Å². The first-order valence-corrected chi connectivity index (χ1v) is 9.81. The molecule has 0 bridgehead atoms. The van der Waals surface area contributed by atoms with Gasteiger partial charge in [-0.25, -0.2) is 4.98 Å². The molecule has 1 aliphatic heterocycles. The van der Waals surface area contributed by atoms with Crippen molar-refractivity contribution in [3.05, 3.63) is 48.4 Å². The van der Waals surface area contributed by atoms with Gasteiger partial charge in [0.05, 0.1) is 18.3 Å². The van der Waals surface area contributed by atoms with Crippen LogP contribution in [0, 0.1) is 0 Å². The summed E-state index contributed by atoms with van der Waals surface area (Å²) in [7, 11) is 1.54. The maximum absolute atomic E-state index is 12.8. The standard InChI is InChI=1S/C21H23F3N4O2/c1-29-20-25-9-5-15(26-20)13-27-10-6-16(7-11-27)30-19-4-2-3-18-17(19)8-12-28(18)14-21(22,23)24/h2-5,8-9,12,16H,6-7,10-11,13-14H2,1H3. The quantitative estimate of drug-likeness (QED) is 0.602. The van der Waals surface area contributed by atoms with Crippen molar-refractivity contribution in [1.82, 2.24) is 19.4 Å². The molecule has 160 valence electrons. The van der Waals surface area contributed by atoms with Gasteiger partial charge in [0, 0.05) is 37.4 Å². The molecule has 0 amide bonds. The molecule has 30 heavy (non-hydrogen) atoms. The maximum Gasteiger partial charge on any atom is 0.406 e. The van der Waals surface area contributed by atoms with Gasteiger partial charge in [-0.2, -0.15) is 18.2 Å². The lowest BCUT2D eigenvalue weighted by molar-refractivity contribution is -0.139. The fourth-order valence-corrected chi connectivity index (χ4v) is 3.79. The molecule has 1 fully saturated rings. The molecule has 0 radical (unpaired) electrons. The van der Waals surface area contributed by atoms with Crippen molar-refractivity contribution in [3.8, 4) is 11.8 Å². The minimum Gasteiger partial charge on any atom is -0.490 e. The Morgan fingerprint density at radius 2 is 1.93 bits per heavy atom. The molecule has 1 aliphatic rings. The van der Waals surface area contributed by atoms with Gasteiger partial charge in [-0.15, -0.1) is 0 Å². The van der Waals surface area contributed by atoms with E-state index in [1.165, 1.54) is 10.8 Å². The van der Waals surface area contributed by atoms with Crippen LogP contribution >= 0.6 is 0 Å². The van der Waals surface area contributed by atoms with Gasteiger partial charge in [-0.05, 0) is 37.1 Å². The molecule has 3 heterocycles. The molecular formula is C21H23F3N4O2. The number of halogens is 3. The van der Waals surface area contributed by atoms with E-state index in [0.29, 0.717) is 29.2 Å². The molecule has 9 heteroatoms. The van der Waals surface area contributed by atoms with Crippen LogP contribution in [0.25, 0.3) is 10.9 Å². The van der Waals surface area contributed by atoms with Crippen LogP contribution in [0.3, 0.4) is 0 Å². The van der Waals surface area contributed by atoms with Gasteiger partial charge >= 0.3 is 12.2 Å². The molecule has 1 aromatic carbocycles. The molecule has 1 saturated heterocycles. The molecule has 3 aromatic rings. The highest BCUT2D eigenvalue weighted by atomic mass is 19.4. The summed E-state index contributed by atoms with van der Waals surface area (Å²) < 4.78 is 50.8. The zero-order valence-corrected chi connectivity index (χ0v) is 16.6. The summed E-state index contributed by atoms with van der Waals surface area (Å²) in [5, 5.41) is 0.706. The van der Waals surface area contributed by atoms with Crippen molar-refractivity contribution >= 4 is 10.9 Å². The number of aromatic nitrogens is 3. The predicted molar refractivity (Wildman–Crippen MR) is 106 cm³/mol. The Morgan fingerprint density at radius 1 is 1.13 bits per heavy atom. The third-order valence-electron chi connectivity index (χ3n) is 5.21. The summed E-state index contributed by atoms with van der Waals surface area (Å²) in [6, 6.07) is 9.16. The van der Waals surface area contributed by atoms with Crippen LogP contribution in [-0.2, 0) is 13.1 Å². The van der Waals surface area contributed by atoms with Gasteiger partial charge < -0.3 is 14.0 Å². The number of nitrogens with zero attached hydrogens (tertiary/aromatic N) is 4. The van der Waals surface area contributed by atoms with Crippen molar-refractivity contribution in [2.24, 2.45) is 0 Å². The van der Waals surface area contributed by atoms with Crippen LogP contribution in [0.1, 0.15) is 18.5 Å². The van der Waals surface area contributed by atoms with Gasteiger partial charge in [0.15, 0.2) is 0 Å². The van der Waals surface area contributed by atoms with Gasteiger partial charge in [0.25, 0.3) is 0 Å². The first-order chi connectivity index (χ1) is 14.4. The van der Waals surface area contributed by atoms with Crippen LogP contribution in [-0.4, -0.2) is 51.9 Å². The van der Waals surface area contributed by atoms with E-state index in [-0.39, 0.29) is 6.10 Å². The van der Waals surface area contributed by atoms with Crippen LogP contribution in [0.4, 0.5) is 13.2 Å². The fraction of sp³-hybridized carbons (Fsp3) is 0.429. The van der Waals surface area contributed by atoms with Gasteiger partial charge in [0.2, 0.25) is 0 Å². The van der Waals surface area contributed by atoms with E-state index >= 15 is 0 Å². The number of fused-ring (bicyclic) bond motifs is 1. The topological polar surface area (TPSA) is 52.4 Å². The molecule has 0 atom stereocenters. The van der Waals surface area contributed by atoms with Crippen molar-refractivity contribution in [3.63, 3.8) is 0 Å². The van der Waals surface area contributed by atoms with Crippen molar-refractivity contribution in [2.45, 2.75) is 38.2 Å². The second kappa shape index (κ2) is 8.51. The van der Waals surface area contributed by atoms with Crippen molar-refractivity contribution in [1.29, 1.82) is 0 Å².